The fraction of sp³-hybridized carbons (Fsp3) is 0.500. The summed E-state index contributed by atoms with van der Waals surface area (Å²) < 4.78 is 10.2. The minimum atomic E-state index is -1.21. The van der Waals surface area contributed by atoms with E-state index in [2.05, 4.69) is 4.98 Å². The Balaban J connectivity index is 3.06. The summed E-state index contributed by atoms with van der Waals surface area (Å²) in [5.74, 6) is -2.60. The van der Waals surface area contributed by atoms with Crippen molar-refractivity contribution in [3.05, 3.63) is 22.5 Å². The van der Waals surface area contributed by atoms with Crippen LogP contribution >= 0.6 is 0 Å². The van der Waals surface area contributed by atoms with Crippen LogP contribution in [0, 0.1) is 19.8 Å². The monoisotopic (exact) mass is 353 g/mol. The fourth-order valence-corrected chi connectivity index (χ4v) is 2.32. The van der Waals surface area contributed by atoms with Crippen LogP contribution < -0.4 is 11.1 Å². The average molecular weight is 353 g/mol. The highest BCUT2D eigenvalue weighted by Crippen LogP contribution is 2.21. The van der Waals surface area contributed by atoms with Crippen molar-refractivity contribution in [3.8, 4) is 0 Å². The van der Waals surface area contributed by atoms with E-state index in [4.69, 9.17) is 15.2 Å². The second-order valence-electron chi connectivity index (χ2n) is 5.77. The van der Waals surface area contributed by atoms with Crippen LogP contribution in [0.5, 0.6) is 0 Å². The Hall–Kier alpha value is -2.84. The van der Waals surface area contributed by atoms with E-state index in [-0.39, 0.29) is 17.9 Å². The Morgan fingerprint density at radius 3 is 2.24 bits per heavy atom. The van der Waals surface area contributed by atoms with Gasteiger partial charge < -0.3 is 20.2 Å². The molecular weight excluding hydrogens is 330 g/mol. The molecule has 0 bridgehead atoms. The van der Waals surface area contributed by atoms with Gasteiger partial charge in [0, 0.05) is 5.69 Å². The number of carbonyl (C=O) groups excluding carboxylic acids is 4. The number of carbonyl (C=O) groups is 4. The normalized spacial score (nSPS) is 11.8. The standard InChI is InChI=1S/C16H23N3O6/c1-6-24-14(21)10-8(4)11(18-9(10)5)15(22)25-12(7(2)3)13(20)19-16(17)23/h7,12,18H,6H2,1-5H3,(H3,17,19,20,23)/t12-/m0/s1. The highest BCUT2D eigenvalue weighted by molar-refractivity contribution is 6.00. The summed E-state index contributed by atoms with van der Waals surface area (Å²) in [5.41, 5.74) is 6.01. The number of nitrogens with one attached hydrogen (secondary N) is 2. The van der Waals surface area contributed by atoms with E-state index < -0.39 is 35.9 Å². The third-order valence-corrected chi connectivity index (χ3v) is 3.47. The summed E-state index contributed by atoms with van der Waals surface area (Å²) in [5, 5.41) is 1.89. The maximum Gasteiger partial charge on any atom is 0.355 e. The first-order valence-electron chi connectivity index (χ1n) is 7.77. The number of rotatable bonds is 6. The van der Waals surface area contributed by atoms with Gasteiger partial charge in [-0.3, -0.25) is 10.1 Å². The SMILES string of the molecule is CCOC(=O)c1c(C)[nH]c(C(=O)O[C@H](C(=O)NC(N)=O)C(C)C)c1C. The number of aryl methyl sites for hydroxylation is 1. The first-order valence-corrected chi connectivity index (χ1v) is 7.77. The third-order valence-electron chi connectivity index (χ3n) is 3.47. The van der Waals surface area contributed by atoms with Crippen LogP contribution in [0.2, 0.25) is 0 Å². The third kappa shape index (κ3) is 4.82. The zero-order valence-corrected chi connectivity index (χ0v) is 14.9. The molecule has 1 aromatic heterocycles. The smallest absolute Gasteiger partial charge is 0.355 e. The Bertz CT molecular complexity index is 692. The van der Waals surface area contributed by atoms with E-state index in [1.165, 1.54) is 0 Å². The summed E-state index contributed by atoms with van der Waals surface area (Å²) in [6.45, 7) is 8.36. The number of nitrogens with two attached hydrogens (primary N) is 1. The van der Waals surface area contributed by atoms with Crippen molar-refractivity contribution in [2.24, 2.45) is 11.7 Å². The van der Waals surface area contributed by atoms with Crippen LogP contribution in [0.4, 0.5) is 4.79 Å². The largest absolute Gasteiger partial charge is 0.462 e. The Kier molecular flexibility index (Phi) is 6.72. The fourth-order valence-electron chi connectivity index (χ4n) is 2.32. The lowest BCUT2D eigenvalue weighted by atomic mass is 10.1. The lowest BCUT2D eigenvalue weighted by Crippen LogP contribution is -2.45. The first kappa shape index (κ1) is 20.2. The number of primary amides is 1. The van der Waals surface area contributed by atoms with Crippen molar-refractivity contribution in [3.63, 3.8) is 0 Å². The summed E-state index contributed by atoms with van der Waals surface area (Å²) >= 11 is 0. The quantitative estimate of drug-likeness (QED) is 0.656. The lowest BCUT2D eigenvalue weighted by Gasteiger charge is -2.19. The minimum absolute atomic E-state index is 0.0399. The second-order valence-corrected chi connectivity index (χ2v) is 5.77. The number of hydrogen-bond donors (Lipinski definition) is 3. The molecule has 25 heavy (non-hydrogen) atoms. The van der Waals surface area contributed by atoms with Crippen LogP contribution in [0.25, 0.3) is 0 Å². The van der Waals surface area contributed by atoms with Gasteiger partial charge in [0.2, 0.25) is 0 Å². The van der Waals surface area contributed by atoms with E-state index in [1.807, 2.05) is 5.32 Å². The van der Waals surface area contributed by atoms with Crippen molar-refractivity contribution in [1.82, 2.24) is 10.3 Å². The van der Waals surface area contributed by atoms with Gasteiger partial charge in [-0.1, -0.05) is 13.8 Å². The van der Waals surface area contributed by atoms with Crippen LogP contribution in [0.3, 0.4) is 0 Å². The summed E-state index contributed by atoms with van der Waals surface area (Å²) in [4.78, 5) is 49.9. The van der Waals surface area contributed by atoms with Crippen molar-refractivity contribution in [2.45, 2.75) is 40.7 Å². The summed E-state index contributed by atoms with van der Waals surface area (Å²) in [6.07, 6.45) is -1.21. The molecule has 0 unspecified atom stereocenters. The molecule has 1 atom stereocenters. The van der Waals surface area contributed by atoms with Gasteiger partial charge in [-0.2, -0.15) is 0 Å². The number of aromatic amines is 1. The van der Waals surface area contributed by atoms with Crippen LogP contribution in [-0.2, 0) is 14.3 Å². The highest BCUT2D eigenvalue weighted by Gasteiger charge is 2.30. The Morgan fingerprint density at radius 1 is 1.16 bits per heavy atom. The zero-order valence-electron chi connectivity index (χ0n) is 14.9. The van der Waals surface area contributed by atoms with Crippen molar-refractivity contribution in [1.29, 1.82) is 0 Å². The van der Waals surface area contributed by atoms with E-state index in [0.717, 1.165) is 0 Å². The average Bonchev–Trinajstić information content (AvgIpc) is 2.78. The predicted octanol–water partition coefficient (Wildman–Crippen LogP) is 1.18. The molecular formula is C16H23N3O6. The van der Waals surface area contributed by atoms with Gasteiger partial charge in [-0.15, -0.1) is 0 Å². The van der Waals surface area contributed by atoms with Gasteiger partial charge in [0.05, 0.1) is 12.2 Å². The molecule has 0 spiro atoms. The van der Waals surface area contributed by atoms with E-state index >= 15 is 0 Å². The molecule has 0 radical (unpaired) electrons. The number of H-pyrrole nitrogens is 1. The Morgan fingerprint density at radius 2 is 1.76 bits per heavy atom. The molecule has 0 aromatic carbocycles. The van der Waals surface area contributed by atoms with E-state index in [9.17, 15) is 19.2 Å². The minimum Gasteiger partial charge on any atom is -0.462 e. The summed E-state index contributed by atoms with van der Waals surface area (Å²) in [7, 11) is 0. The lowest BCUT2D eigenvalue weighted by molar-refractivity contribution is -0.130. The zero-order chi connectivity index (χ0) is 19.3. The van der Waals surface area contributed by atoms with Crippen molar-refractivity contribution in [2.75, 3.05) is 6.61 Å². The number of urea groups is 1. The first-order chi connectivity index (χ1) is 11.6. The molecule has 1 heterocycles. The molecule has 138 valence electrons. The molecule has 0 aliphatic heterocycles. The highest BCUT2D eigenvalue weighted by atomic mass is 16.6. The number of esters is 2. The van der Waals surface area contributed by atoms with Crippen LogP contribution in [0.1, 0.15) is 52.9 Å². The maximum atomic E-state index is 12.4. The number of imide groups is 1. The van der Waals surface area contributed by atoms with Crippen molar-refractivity contribution < 1.29 is 28.7 Å². The van der Waals surface area contributed by atoms with Crippen molar-refractivity contribution >= 4 is 23.9 Å². The molecule has 0 saturated heterocycles. The molecule has 0 fully saturated rings. The molecule has 0 aliphatic carbocycles. The number of amides is 3. The van der Waals surface area contributed by atoms with Gasteiger partial charge in [0.1, 0.15) is 5.69 Å². The molecule has 9 nitrogen and oxygen atoms in total. The topological polar surface area (TPSA) is 141 Å². The van der Waals surface area contributed by atoms with Gasteiger partial charge in [-0.25, -0.2) is 14.4 Å². The van der Waals surface area contributed by atoms with Gasteiger partial charge in [0.25, 0.3) is 5.91 Å². The van der Waals surface area contributed by atoms with Gasteiger partial charge >= 0.3 is 18.0 Å². The van der Waals surface area contributed by atoms with Gasteiger partial charge in [0.15, 0.2) is 6.10 Å². The van der Waals surface area contributed by atoms with E-state index in [0.29, 0.717) is 11.3 Å². The number of ether oxygens (including phenoxy) is 2. The maximum absolute atomic E-state index is 12.4. The molecule has 0 aliphatic rings. The van der Waals surface area contributed by atoms with Gasteiger partial charge in [-0.05, 0) is 32.3 Å². The second kappa shape index (κ2) is 8.32. The molecule has 3 amide bonds. The molecule has 9 heteroatoms. The molecule has 1 aromatic rings. The predicted molar refractivity (Wildman–Crippen MR) is 88.0 cm³/mol. The number of aromatic nitrogens is 1. The van der Waals surface area contributed by atoms with Crippen LogP contribution in [0.15, 0.2) is 0 Å². The number of hydrogen-bond acceptors (Lipinski definition) is 6. The molecule has 1 rings (SSSR count). The Labute approximate surface area is 145 Å². The van der Waals surface area contributed by atoms with E-state index in [1.54, 1.807) is 34.6 Å². The van der Waals surface area contributed by atoms with Crippen LogP contribution in [-0.4, -0.2) is 41.6 Å². The summed E-state index contributed by atoms with van der Waals surface area (Å²) in [6, 6.07) is -1.04. The molecule has 4 N–H and O–H groups in total. The molecule has 0 saturated carbocycles.